The van der Waals surface area contributed by atoms with Crippen LogP contribution in [0.4, 0.5) is 8.78 Å². The van der Waals surface area contributed by atoms with Crippen molar-refractivity contribution in [2.24, 2.45) is 0 Å². The predicted molar refractivity (Wildman–Crippen MR) is 94.5 cm³/mol. The first-order chi connectivity index (χ1) is 13.4. The molecule has 0 unspecified atom stereocenters. The van der Waals surface area contributed by atoms with Gasteiger partial charge in [0.1, 0.15) is 16.5 Å². The summed E-state index contributed by atoms with van der Waals surface area (Å²) in [4.78, 5) is 12.5. The fraction of sp³-hybridized carbons (Fsp3) is 0.294. The third-order valence-electron chi connectivity index (χ3n) is 4.42. The Labute approximate surface area is 158 Å². The molecule has 0 saturated carbocycles. The van der Waals surface area contributed by atoms with Crippen molar-refractivity contribution in [3.63, 3.8) is 0 Å². The van der Waals surface area contributed by atoms with Gasteiger partial charge in [0.25, 0.3) is 0 Å². The van der Waals surface area contributed by atoms with Crippen LogP contribution in [0, 0.1) is 11.6 Å². The third kappa shape index (κ3) is 3.32. The van der Waals surface area contributed by atoms with E-state index in [0.29, 0.717) is 0 Å². The minimum atomic E-state index is -3.88. The van der Waals surface area contributed by atoms with Gasteiger partial charge in [-0.1, -0.05) is 0 Å². The number of benzene rings is 1. The highest BCUT2D eigenvalue weighted by Gasteiger charge is 2.29. The first kappa shape index (κ1) is 18.7. The Morgan fingerprint density at radius 3 is 2.46 bits per heavy atom. The number of hydrogen-bond acceptors (Lipinski definition) is 5. The second kappa shape index (κ2) is 7.08. The lowest BCUT2D eigenvalue weighted by atomic mass is 10.2. The number of pyridine rings is 1. The van der Waals surface area contributed by atoms with Gasteiger partial charge in [0.15, 0.2) is 5.65 Å². The number of morpholine rings is 1. The Morgan fingerprint density at radius 2 is 1.79 bits per heavy atom. The van der Waals surface area contributed by atoms with Crippen LogP contribution in [0.2, 0.25) is 0 Å². The molecule has 3 heterocycles. The molecule has 0 atom stereocenters. The molecule has 8 nitrogen and oxygen atoms in total. The average molecular weight is 410 g/mol. The van der Waals surface area contributed by atoms with E-state index in [4.69, 9.17) is 4.74 Å². The molecule has 4 rings (SSSR count). The fourth-order valence-corrected chi connectivity index (χ4v) is 4.65. The molecule has 1 aromatic carbocycles. The highest BCUT2D eigenvalue weighted by molar-refractivity contribution is 7.89. The minimum Gasteiger partial charge on any atom is -0.379 e. The molecule has 0 N–H and O–H groups in total. The summed E-state index contributed by atoms with van der Waals surface area (Å²) in [5.74, 6) is -1.55. The second-order valence-electron chi connectivity index (χ2n) is 6.30. The summed E-state index contributed by atoms with van der Waals surface area (Å²) in [6, 6.07) is 5.72. The number of fused-ring (bicyclic) bond motifs is 1. The Kier molecular flexibility index (Phi) is 4.73. The zero-order valence-electron chi connectivity index (χ0n) is 14.6. The zero-order chi connectivity index (χ0) is 19.9. The van der Waals surface area contributed by atoms with Gasteiger partial charge >= 0.3 is 5.69 Å². The van der Waals surface area contributed by atoms with E-state index in [1.54, 1.807) is 0 Å². The van der Waals surface area contributed by atoms with Gasteiger partial charge in [-0.15, -0.1) is 5.10 Å². The van der Waals surface area contributed by atoms with Gasteiger partial charge < -0.3 is 4.74 Å². The van der Waals surface area contributed by atoms with Crippen LogP contribution in [0.1, 0.15) is 5.56 Å². The summed E-state index contributed by atoms with van der Waals surface area (Å²) in [6.45, 7) is 0.781. The lowest BCUT2D eigenvalue weighted by molar-refractivity contribution is 0.0730. The van der Waals surface area contributed by atoms with Crippen LogP contribution in [0.25, 0.3) is 5.65 Å². The molecule has 1 aliphatic heterocycles. The van der Waals surface area contributed by atoms with Crippen molar-refractivity contribution in [1.82, 2.24) is 18.5 Å². The molecule has 1 fully saturated rings. The van der Waals surface area contributed by atoms with E-state index < -0.39 is 27.3 Å². The maximum Gasteiger partial charge on any atom is 0.350 e. The van der Waals surface area contributed by atoms with E-state index in [9.17, 15) is 22.0 Å². The summed E-state index contributed by atoms with van der Waals surface area (Å²) in [5, 5.41) is 4.11. The lowest BCUT2D eigenvalue weighted by Crippen LogP contribution is -2.40. The number of ether oxygens (including phenoxy) is 1. The molecule has 1 saturated heterocycles. The van der Waals surface area contributed by atoms with Crippen molar-refractivity contribution < 1.29 is 21.9 Å². The molecule has 148 valence electrons. The first-order valence-electron chi connectivity index (χ1n) is 8.47. The van der Waals surface area contributed by atoms with Crippen molar-refractivity contribution in [3.8, 4) is 0 Å². The Hall–Kier alpha value is -2.63. The van der Waals surface area contributed by atoms with E-state index >= 15 is 0 Å². The number of nitrogens with zero attached hydrogens (tertiary/aromatic N) is 4. The molecule has 2 aromatic heterocycles. The SMILES string of the molecule is O=c1n(Cc2cc(F)cc(F)c2)nc2c(S(=O)(=O)N3CCOCC3)cccn12. The van der Waals surface area contributed by atoms with Gasteiger partial charge in [0.05, 0.1) is 19.8 Å². The van der Waals surface area contributed by atoms with Crippen molar-refractivity contribution in [2.45, 2.75) is 11.4 Å². The first-order valence-corrected chi connectivity index (χ1v) is 9.91. The maximum atomic E-state index is 13.4. The molecule has 11 heteroatoms. The monoisotopic (exact) mass is 410 g/mol. The molecule has 28 heavy (non-hydrogen) atoms. The van der Waals surface area contributed by atoms with Crippen LogP contribution in [0.15, 0.2) is 46.2 Å². The van der Waals surface area contributed by atoms with Gasteiger partial charge in [-0.25, -0.2) is 31.1 Å². The summed E-state index contributed by atoms with van der Waals surface area (Å²) < 4.78 is 61.3. The van der Waals surface area contributed by atoms with E-state index in [-0.39, 0.29) is 49.0 Å². The second-order valence-corrected chi connectivity index (χ2v) is 8.21. The summed E-state index contributed by atoms with van der Waals surface area (Å²) in [7, 11) is -3.88. The maximum absolute atomic E-state index is 13.4. The quantitative estimate of drug-likeness (QED) is 0.637. The third-order valence-corrected chi connectivity index (χ3v) is 6.34. The molecule has 0 radical (unpaired) electrons. The fourth-order valence-electron chi connectivity index (χ4n) is 3.12. The molecule has 0 aliphatic carbocycles. The van der Waals surface area contributed by atoms with Crippen molar-refractivity contribution in [2.75, 3.05) is 26.3 Å². The minimum absolute atomic E-state index is 0.0455. The standard InChI is InChI=1S/C17H16F2N4O4S/c18-13-8-12(9-14(19)10-13)11-23-17(24)22-3-1-2-15(16(22)20-23)28(25,26)21-4-6-27-7-5-21/h1-3,8-10H,4-7,11H2. The zero-order valence-corrected chi connectivity index (χ0v) is 15.4. The van der Waals surface area contributed by atoms with Crippen molar-refractivity contribution in [1.29, 1.82) is 0 Å². The Morgan fingerprint density at radius 1 is 1.11 bits per heavy atom. The number of sulfonamides is 1. The molecular formula is C17H16F2N4O4S. The smallest absolute Gasteiger partial charge is 0.350 e. The number of halogens is 2. The van der Waals surface area contributed by atoms with Crippen molar-refractivity contribution >= 4 is 15.7 Å². The molecule has 0 bridgehead atoms. The highest BCUT2D eigenvalue weighted by atomic mass is 32.2. The summed E-state index contributed by atoms with van der Waals surface area (Å²) in [6.07, 6.45) is 1.39. The molecule has 0 spiro atoms. The number of rotatable bonds is 4. The van der Waals surface area contributed by atoms with Gasteiger partial charge in [0, 0.05) is 25.4 Å². The number of aromatic nitrogens is 3. The molecule has 0 amide bonds. The van der Waals surface area contributed by atoms with Crippen LogP contribution in [-0.4, -0.2) is 53.2 Å². The predicted octanol–water partition coefficient (Wildman–Crippen LogP) is 0.843. The van der Waals surface area contributed by atoms with E-state index in [2.05, 4.69) is 5.10 Å². The topological polar surface area (TPSA) is 85.9 Å². The Balaban J connectivity index is 1.79. The normalized spacial score (nSPS) is 15.9. The van der Waals surface area contributed by atoms with Crippen LogP contribution < -0.4 is 5.69 Å². The highest BCUT2D eigenvalue weighted by Crippen LogP contribution is 2.20. The molecular weight excluding hydrogens is 394 g/mol. The van der Waals surface area contributed by atoms with Crippen LogP contribution in [0.3, 0.4) is 0 Å². The van der Waals surface area contributed by atoms with Gasteiger partial charge in [0.2, 0.25) is 10.0 Å². The van der Waals surface area contributed by atoms with Crippen LogP contribution in [-0.2, 0) is 21.3 Å². The van der Waals surface area contributed by atoms with Gasteiger partial charge in [-0.05, 0) is 29.8 Å². The largest absolute Gasteiger partial charge is 0.379 e. The lowest BCUT2D eigenvalue weighted by Gasteiger charge is -2.25. The van der Waals surface area contributed by atoms with E-state index in [1.165, 1.54) is 22.6 Å². The van der Waals surface area contributed by atoms with Gasteiger partial charge in [-0.3, -0.25) is 0 Å². The molecule has 3 aromatic rings. The summed E-state index contributed by atoms with van der Waals surface area (Å²) >= 11 is 0. The average Bonchev–Trinajstić information content (AvgIpc) is 2.97. The molecule has 1 aliphatic rings. The number of hydrogen-bond donors (Lipinski definition) is 0. The van der Waals surface area contributed by atoms with Crippen LogP contribution >= 0.6 is 0 Å². The van der Waals surface area contributed by atoms with E-state index in [0.717, 1.165) is 27.3 Å². The summed E-state index contributed by atoms with van der Waals surface area (Å²) in [5.41, 5.74) is -0.463. The van der Waals surface area contributed by atoms with E-state index in [1.807, 2.05) is 0 Å². The van der Waals surface area contributed by atoms with Crippen molar-refractivity contribution in [3.05, 3.63) is 64.2 Å². The Bertz CT molecular complexity index is 1180. The van der Waals surface area contributed by atoms with Gasteiger partial charge in [-0.2, -0.15) is 4.31 Å². The van der Waals surface area contributed by atoms with Crippen LogP contribution in [0.5, 0.6) is 0 Å².